The van der Waals surface area contributed by atoms with Crippen LogP contribution < -0.4 is 14.8 Å². The van der Waals surface area contributed by atoms with Crippen molar-refractivity contribution in [2.45, 2.75) is 0 Å². The van der Waals surface area contributed by atoms with Crippen LogP contribution in [0.3, 0.4) is 0 Å². The topological polar surface area (TPSA) is 99.6 Å². The summed E-state index contributed by atoms with van der Waals surface area (Å²) in [6, 6.07) is 9.96. The van der Waals surface area contributed by atoms with Crippen LogP contribution in [0.5, 0.6) is 11.5 Å². The molecule has 0 bridgehead atoms. The minimum absolute atomic E-state index is 0.118. The molecule has 1 aliphatic rings. The maximum atomic E-state index is 12.1. The highest BCUT2D eigenvalue weighted by molar-refractivity contribution is 7.00. The van der Waals surface area contributed by atoms with E-state index in [1.54, 1.807) is 30.3 Å². The molecule has 1 aliphatic heterocycles. The third-order valence-corrected chi connectivity index (χ3v) is 4.05. The lowest BCUT2D eigenvalue weighted by atomic mass is 10.2. The second-order valence-corrected chi connectivity index (χ2v) is 5.66. The van der Waals surface area contributed by atoms with Crippen LogP contribution in [0.1, 0.15) is 10.4 Å². The monoisotopic (exact) mass is 357 g/mol. The summed E-state index contributed by atoms with van der Waals surface area (Å²) in [6.07, 6.45) is 0. The molecule has 1 aromatic heterocycles. The van der Waals surface area contributed by atoms with Crippen molar-refractivity contribution in [3.63, 3.8) is 0 Å². The van der Waals surface area contributed by atoms with Crippen molar-refractivity contribution in [1.29, 1.82) is 0 Å². The summed E-state index contributed by atoms with van der Waals surface area (Å²) in [5.74, 6) is -0.0440. The summed E-state index contributed by atoms with van der Waals surface area (Å²) < 4.78 is 23.6. The van der Waals surface area contributed by atoms with Crippen molar-refractivity contribution in [2.75, 3.05) is 18.7 Å². The van der Waals surface area contributed by atoms with Crippen molar-refractivity contribution < 1.29 is 23.8 Å². The van der Waals surface area contributed by atoms with Gasteiger partial charge in [-0.25, -0.2) is 4.79 Å². The molecule has 2 heterocycles. The summed E-state index contributed by atoms with van der Waals surface area (Å²) >= 11 is 1.06. The van der Waals surface area contributed by atoms with Gasteiger partial charge < -0.3 is 19.5 Å². The van der Waals surface area contributed by atoms with Crippen LogP contribution in [0, 0.1) is 0 Å². The zero-order chi connectivity index (χ0) is 17.2. The Balaban J connectivity index is 1.38. The highest BCUT2D eigenvalue weighted by Crippen LogP contribution is 2.32. The fourth-order valence-corrected chi connectivity index (χ4v) is 2.88. The first-order chi connectivity index (χ1) is 12.2. The molecule has 3 aromatic rings. The standard InChI is InChI=1S/C16H11N3O5S/c20-14(17-10-2-1-3-11-15(10)19-25-18-11)7-22-16(21)9-4-5-12-13(6-9)24-8-23-12/h1-6H,7-8H2,(H,17,20). The number of fused-ring (bicyclic) bond motifs is 2. The lowest BCUT2D eigenvalue weighted by Gasteiger charge is -2.07. The third-order valence-electron chi connectivity index (χ3n) is 3.50. The molecule has 25 heavy (non-hydrogen) atoms. The first-order valence-electron chi connectivity index (χ1n) is 7.28. The minimum Gasteiger partial charge on any atom is -0.454 e. The fraction of sp³-hybridized carbons (Fsp3) is 0.125. The summed E-state index contributed by atoms with van der Waals surface area (Å²) in [6.45, 7) is -0.297. The minimum atomic E-state index is -0.623. The van der Waals surface area contributed by atoms with Crippen LogP contribution in [-0.4, -0.2) is 34.0 Å². The largest absolute Gasteiger partial charge is 0.454 e. The van der Waals surface area contributed by atoms with E-state index in [1.807, 2.05) is 0 Å². The predicted molar refractivity (Wildman–Crippen MR) is 88.9 cm³/mol. The Hall–Kier alpha value is -3.20. The highest BCUT2D eigenvalue weighted by Gasteiger charge is 2.18. The number of hydrogen-bond acceptors (Lipinski definition) is 8. The average molecular weight is 357 g/mol. The van der Waals surface area contributed by atoms with E-state index >= 15 is 0 Å². The van der Waals surface area contributed by atoms with Crippen LogP contribution in [0.15, 0.2) is 36.4 Å². The number of benzene rings is 2. The average Bonchev–Trinajstić information content (AvgIpc) is 3.28. The Bertz CT molecular complexity index is 971. The fourth-order valence-electron chi connectivity index (χ4n) is 2.33. The van der Waals surface area contributed by atoms with Gasteiger partial charge in [0.1, 0.15) is 11.0 Å². The Morgan fingerprint density at radius 2 is 2.04 bits per heavy atom. The van der Waals surface area contributed by atoms with Gasteiger partial charge >= 0.3 is 5.97 Å². The summed E-state index contributed by atoms with van der Waals surface area (Å²) in [5.41, 5.74) is 2.10. The van der Waals surface area contributed by atoms with Gasteiger partial charge in [0.25, 0.3) is 5.91 Å². The molecule has 0 fully saturated rings. The van der Waals surface area contributed by atoms with Crippen LogP contribution in [0.4, 0.5) is 5.69 Å². The Morgan fingerprint density at radius 1 is 1.16 bits per heavy atom. The molecule has 126 valence electrons. The van der Waals surface area contributed by atoms with E-state index in [9.17, 15) is 9.59 Å². The lowest BCUT2D eigenvalue weighted by molar-refractivity contribution is -0.119. The number of ether oxygens (including phenoxy) is 3. The second kappa shape index (κ2) is 6.36. The SMILES string of the molecule is O=C(COC(=O)c1ccc2c(c1)OCO2)Nc1cccc2nsnc12. The van der Waals surface area contributed by atoms with Gasteiger partial charge in [0, 0.05) is 0 Å². The molecule has 9 heteroatoms. The number of amides is 1. The van der Waals surface area contributed by atoms with Gasteiger partial charge in [-0.3, -0.25) is 4.79 Å². The van der Waals surface area contributed by atoms with E-state index in [-0.39, 0.29) is 12.4 Å². The summed E-state index contributed by atoms with van der Waals surface area (Å²) in [4.78, 5) is 24.1. The molecule has 0 spiro atoms. The van der Waals surface area contributed by atoms with Crippen molar-refractivity contribution in [3.8, 4) is 11.5 Å². The Morgan fingerprint density at radius 3 is 2.96 bits per heavy atom. The molecule has 0 atom stereocenters. The maximum absolute atomic E-state index is 12.1. The van der Waals surface area contributed by atoms with Crippen molar-refractivity contribution in [2.24, 2.45) is 0 Å². The first kappa shape index (κ1) is 15.3. The zero-order valence-electron chi connectivity index (χ0n) is 12.7. The van der Waals surface area contributed by atoms with E-state index in [0.717, 1.165) is 11.7 Å². The third kappa shape index (κ3) is 3.09. The van der Waals surface area contributed by atoms with E-state index in [0.29, 0.717) is 28.2 Å². The number of hydrogen-bond donors (Lipinski definition) is 1. The van der Waals surface area contributed by atoms with Crippen LogP contribution in [0.2, 0.25) is 0 Å². The molecule has 0 aliphatic carbocycles. The van der Waals surface area contributed by atoms with Gasteiger partial charge in [-0.1, -0.05) is 6.07 Å². The van der Waals surface area contributed by atoms with Crippen LogP contribution in [0.25, 0.3) is 11.0 Å². The van der Waals surface area contributed by atoms with Gasteiger partial charge in [-0.2, -0.15) is 8.75 Å². The molecular weight excluding hydrogens is 346 g/mol. The van der Waals surface area contributed by atoms with E-state index in [2.05, 4.69) is 14.1 Å². The number of nitrogens with zero attached hydrogens (tertiary/aromatic N) is 2. The predicted octanol–water partition coefficient (Wildman–Crippen LogP) is 2.22. The van der Waals surface area contributed by atoms with Gasteiger partial charge in [-0.05, 0) is 30.3 Å². The maximum Gasteiger partial charge on any atom is 0.338 e. The number of anilines is 1. The van der Waals surface area contributed by atoms with E-state index < -0.39 is 18.5 Å². The molecule has 4 rings (SSSR count). The molecule has 1 amide bonds. The lowest BCUT2D eigenvalue weighted by Crippen LogP contribution is -2.21. The molecule has 0 saturated carbocycles. The normalized spacial score (nSPS) is 12.2. The zero-order valence-corrected chi connectivity index (χ0v) is 13.5. The number of esters is 1. The smallest absolute Gasteiger partial charge is 0.338 e. The Kier molecular flexibility index (Phi) is 3.90. The first-order valence-corrected chi connectivity index (χ1v) is 8.01. The quantitative estimate of drug-likeness (QED) is 0.715. The van der Waals surface area contributed by atoms with Crippen molar-refractivity contribution >= 4 is 40.3 Å². The molecule has 0 saturated heterocycles. The van der Waals surface area contributed by atoms with Gasteiger partial charge in [-0.15, -0.1) is 0 Å². The summed E-state index contributed by atoms with van der Waals surface area (Å²) in [5, 5.41) is 2.66. The van der Waals surface area contributed by atoms with E-state index in [1.165, 1.54) is 6.07 Å². The number of nitrogens with one attached hydrogen (secondary N) is 1. The van der Waals surface area contributed by atoms with Gasteiger partial charge in [0.05, 0.1) is 23.0 Å². The van der Waals surface area contributed by atoms with Gasteiger partial charge in [0.15, 0.2) is 18.1 Å². The molecule has 8 nitrogen and oxygen atoms in total. The number of carbonyl (C=O) groups is 2. The second-order valence-electron chi connectivity index (χ2n) is 5.13. The molecule has 0 unspecified atom stereocenters. The molecule has 1 N–H and O–H groups in total. The molecular formula is C16H11N3O5S. The number of carbonyl (C=O) groups excluding carboxylic acids is 2. The highest BCUT2D eigenvalue weighted by atomic mass is 32.1. The van der Waals surface area contributed by atoms with Crippen LogP contribution in [-0.2, 0) is 9.53 Å². The molecule has 2 aromatic carbocycles. The van der Waals surface area contributed by atoms with Crippen molar-refractivity contribution in [3.05, 3.63) is 42.0 Å². The summed E-state index contributed by atoms with van der Waals surface area (Å²) in [7, 11) is 0. The van der Waals surface area contributed by atoms with Crippen LogP contribution >= 0.6 is 11.7 Å². The van der Waals surface area contributed by atoms with Gasteiger partial charge in [0.2, 0.25) is 6.79 Å². The molecule has 0 radical (unpaired) electrons. The number of rotatable bonds is 4. The van der Waals surface area contributed by atoms with E-state index in [4.69, 9.17) is 14.2 Å². The van der Waals surface area contributed by atoms with Crippen molar-refractivity contribution in [1.82, 2.24) is 8.75 Å². The Labute approximate surface area is 145 Å². The number of aromatic nitrogens is 2.